The van der Waals surface area contributed by atoms with Crippen molar-refractivity contribution in [2.24, 2.45) is 0 Å². The van der Waals surface area contributed by atoms with Gasteiger partial charge in [-0.25, -0.2) is 0 Å². The van der Waals surface area contributed by atoms with Gasteiger partial charge in [0.15, 0.2) is 0 Å². The molecule has 1 N–H and O–H groups in total. The molecule has 0 atom stereocenters. The number of benzene rings is 3. The number of carbonyl (C=O) groups is 1. The molecule has 0 fully saturated rings. The molecular formula is C24H19N3O4. The quantitative estimate of drug-likeness (QED) is 0.382. The first-order valence-electron chi connectivity index (χ1n) is 9.66. The van der Waals surface area contributed by atoms with Crippen molar-refractivity contribution in [2.75, 3.05) is 4.90 Å². The van der Waals surface area contributed by atoms with Gasteiger partial charge in [0.1, 0.15) is 0 Å². The van der Waals surface area contributed by atoms with E-state index in [1.54, 1.807) is 18.2 Å². The van der Waals surface area contributed by atoms with Gasteiger partial charge in [-0.3, -0.25) is 19.7 Å². The van der Waals surface area contributed by atoms with Crippen LogP contribution in [0.25, 0.3) is 10.9 Å². The molecule has 1 aromatic heterocycles. The molecule has 0 bridgehead atoms. The monoisotopic (exact) mass is 413 g/mol. The third kappa shape index (κ3) is 4.20. The van der Waals surface area contributed by atoms with E-state index in [9.17, 15) is 19.7 Å². The van der Waals surface area contributed by atoms with Gasteiger partial charge < -0.3 is 9.88 Å². The van der Waals surface area contributed by atoms with Crippen molar-refractivity contribution in [2.45, 2.75) is 13.5 Å². The maximum absolute atomic E-state index is 13.5. The normalized spacial score (nSPS) is 10.7. The number of para-hydroxylation sites is 1. The van der Waals surface area contributed by atoms with Gasteiger partial charge >= 0.3 is 0 Å². The zero-order chi connectivity index (χ0) is 22.0. The number of nitrogens with one attached hydrogen (secondary N) is 1. The van der Waals surface area contributed by atoms with Crippen LogP contribution in [0.3, 0.4) is 0 Å². The third-order valence-electron chi connectivity index (χ3n) is 5.03. The van der Waals surface area contributed by atoms with Crippen molar-refractivity contribution < 1.29 is 9.72 Å². The van der Waals surface area contributed by atoms with Gasteiger partial charge in [-0.15, -0.1) is 0 Å². The van der Waals surface area contributed by atoms with Crippen LogP contribution in [-0.4, -0.2) is 15.8 Å². The molecule has 7 heteroatoms. The summed E-state index contributed by atoms with van der Waals surface area (Å²) in [6.45, 7) is 2.05. The van der Waals surface area contributed by atoms with Crippen LogP contribution in [-0.2, 0) is 6.54 Å². The third-order valence-corrected chi connectivity index (χ3v) is 5.03. The number of aromatic nitrogens is 1. The number of fused-ring (bicyclic) bond motifs is 1. The number of amides is 1. The minimum Gasteiger partial charge on any atom is -0.322 e. The Labute approximate surface area is 177 Å². The van der Waals surface area contributed by atoms with E-state index >= 15 is 0 Å². The van der Waals surface area contributed by atoms with Crippen LogP contribution >= 0.6 is 0 Å². The van der Waals surface area contributed by atoms with E-state index in [1.807, 2.05) is 43.3 Å². The Morgan fingerprint density at radius 1 is 1.00 bits per heavy atom. The van der Waals surface area contributed by atoms with Gasteiger partial charge in [0, 0.05) is 40.4 Å². The summed E-state index contributed by atoms with van der Waals surface area (Å²) in [6.07, 6.45) is 0. The second-order valence-corrected chi connectivity index (χ2v) is 7.24. The number of H-pyrrole nitrogens is 1. The fourth-order valence-corrected chi connectivity index (χ4v) is 3.56. The SMILES string of the molecule is Cc1cccc(N(Cc2cc(=O)[nH]c3ccccc23)C(=O)c2cccc([N+](=O)[O-])c2)c1. The minimum absolute atomic E-state index is 0.134. The molecule has 154 valence electrons. The maximum atomic E-state index is 13.5. The number of aryl methyl sites for hydroxylation is 1. The van der Waals surface area contributed by atoms with Crippen molar-refractivity contribution in [3.8, 4) is 0 Å². The molecule has 7 nitrogen and oxygen atoms in total. The molecule has 0 unspecified atom stereocenters. The second-order valence-electron chi connectivity index (χ2n) is 7.24. The average molecular weight is 413 g/mol. The predicted molar refractivity (Wildman–Crippen MR) is 119 cm³/mol. The Hall–Kier alpha value is -4.26. The van der Waals surface area contributed by atoms with Crippen LogP contribution in [0.1, 0.15) is 21.5 Å². The minimum atomic E-state index is -0.530. The van der Waals surface area contributed by atoms with Gasteiger partial charge in [0.25, 0.3) is 11.6 Å². The van der Waals surface area contributed by atoms with Gasteiger partial charge in [0.05, 0.1) is 11.5 Å². The van der Waals surface area contributed by atoms with Gasteiger partial charge in [-0.2, -0.15) is 0 Å². The van der Waals surface area contributed by atoms with Crippen LogP contribution in [0.5, 0.6) is 0 Å². The molecule has 4 rings (SSSR count). The number of aromatic amines is 1. The first-order valence-corrected chi connectivity index (χ1v) is 9.66. The second kappa shape index (κ2) is 8.23. The largest absolute Gasteiger partial charge is 0.322 e. The molecule has 0 spiro atoms. The topological polar surface area (TPSA) is 96.3 Å². The standard InChI is InChI=1S/C24H19N3O4/c1-16-6-4-8-19(12-16)26(24(29)17-7-5-9-20(13-17)27(30)31)15-18-14-23(28)25-22-11-3-2-10-21(18)22/h2-14H,15H2,1H3,(H,25,28). The van der Waals surface area contributed by atoms with Crippen LogP contribution in [0.2, 0.25) is 0 Å². The Bertz CT molecular complexity index is 1360. The first-order chi connectivity index (χ1) is 14.9. The Kier molecular flexibility index (Phi) is 5.32. The Balaban J connectivity index is 1.83. The number of hydrogen-bond donors (Lipinski definition) is 1. The summed E-state index contributed by atoms with van der Waals surface area (Å²) in [6, 6.07) is 21.9. The average Bonchev–Trinajstić information content (AvgIpc) is 2.76. The summed E-state index contributed by atoms with van der Waals surface area (Å²) < 4.78 is 0. The number of pyridine rings is 1. The van der Waals surface area contributed by atoms with E-state index < -0.39 is 10.8 Å². The Morgan fingerprint density at radius 2 is 1.77 bits per heavy atom. The maximum Gasteiger partial charge on any atom is 0.270 e. The van der Waals surface area contributed by atoms with E-state index in [0.29, 0.717) is 16.8 Å². The summed E-state index contributed by atoms with van der Waals surface area (Å²) in [7, 11) is 0. The lowest BCUT2D eigenvalue weighted by molar-refractivity contribution is -0.384. The highest BCUT2D eigenvalue weighted by molar-refractivity contribution is 6.06. The number of carbonyl (C=O) groups excluding carboxylic acids is 1. The van der Waals surface area contributed by atoms with Crippen LogP contribution < -0.4 is 10.5 Å². The van der Waals surface area contributed by atoms with E-state index in [0.717, 1.165) is 10.9 Å². The van der Waals surface area contributed by atoms with E-state index in [2.05, 4.69) is 4.98 Å². The lowest BCUT2D eigenvalue weighted by atomic mass is 10.1. The number of hydrogen-bond acceptors (Lipinski definition) is 4. The van der Waals surface area contributed by atoms with Crippen LogP contribution in [0.15, 0.2) is 83.7 Å². The number of anilines is 1. The van der Waals surface area contributed by atoms with Crippen molar-refractivity contribution in [1.29, 1.82) is 0 Å². The van der Waals surface area contributed by atoms with Crippen molar-refractivity contribution in [1.82, 2.24) is 4.98 Å². The highest BCUT2D eigenvalue weighted by atomic mass is 16.6. The number of nitro groups is 1. The first kappa shape index (κ1) is 20.0. The molecule has 1 heterocycles. The summed E-state index contributed by atoms with van der Waals surface area (Å²) in [5, 5.41) is 12.0. The molecule has 4 aromatic rings. The Morgan fingerprint density at radius 3 is 2.55 bits per heavy atom. The number of nitro benzene ring substituents is 1. The molecule has 0 aliphatic heterocycles. The molecule has 1 amide bonds. The summed E-state index contributed by atoms with van der Waals surface area (Å²) in [5.41, 5.74) is 2.74. The van der Waals surface area contributed by atoms with Crippen molar-refractivity contribution in [3.05, 3.63) is 116 Å². The molecule has 0 radical (unpaired) electrons. The van der Waals surface area contributed by atoms with Crippen LogP contribution in [0, 0.1) is 17.0 Å². The summed E-state index contributed by atoms with van der Waals surface area (Å²) in [4.78, 5) is 40.7. The smallest absolute Gasteiger partial charge is 0.270 e. The molecule has 0 aliphatic carbocycles. The van der Waals surface area contributed by atoms with Gasteiger partial charge in [0.2, 0.25) is 5.56 Å². The van der Waals surface area contributed by atoms with Crippen molar-refractivity contribution in [3.63, 3.8) is 0 Å². The van der Waals surface area contributed by atoms with Crippen LogP contribution in [0.4, 0.5) is 11.4 Å². The van der Waals surface area contributed by atoms with E-state index in [-0.39, 0.29) is 23.4 Å². The zero-order valence-electron chi connectivity index (χ0n) is 16.7. The molecular weight excluding hydrogens is 394 g/mol. The van der Waals surface area contributed by atoms with Crippen molar-refractivity contribution >= 4 is 28.2 Å². The van der Waals surface area contributed by atoms with E-state index in [4.69, 9.17) is 0 Å². The highest BCUT2D eigenvalue weighted by Crippen LogP contribution is 2.25. The zero-order valence-corrected chi connectivity index (χ0v) is 16.7. The lowest BCUT2D eigenvalue weighted by Crippen LogP contribution is -2.31. The van der Waals surface area contributed by atoms with Gasteiger partial charge in [-0.1, -0.05) is 36.4 Å². The molecule has 31 heavy (non-hydrogen) atoms. The summed E-state index contributed by atoms with van der Waals surface area (Å²) >= 11 is 0. The predicted octanol–water partition coefficient (Wildman–Crippen LogP) is 4.59. The number of rotatable bonds is 5. The molecule has 0 saturated heterocycles. The number of nitrogens with zero attached hydrogens (tertiary/aromatic N) is 2. The molecule has 0 saturated carbocycles. The summed E-state index contributed by atoms with van der Waals surface area (Å²) in [5.74, 6) is -0.390. The van der Waals surface area contributed by atoms with Gasteiger partial charge in [-0.05, 0) is 42.3 Å². The lowest BCUT2D eigenvalue weighted by Gasteiger charge is -2.24. The fourth-order valence-electron chi connectivity index (χ4n) is 3.56. The highest BCUT2D eigenvalue weighted by Gasteiger charge is 2.21. The fraction of sp³-hybridized carbons (Fsp3) is 0.0833. The molecule has 0 aliphatic rings. The van der Waals surface area contributed by atoms with E-state index in [1.165, 1.54) is 29.2 Å². The molecule has 3 aromatic carbocycles. The number of non-ortho nitro benzene ring substituents is 1.